The van der Waals surface area contributed by atoms with Gasteiger partial charge in [-0.2, -0.15) is 0 Å². The van der Waals surface area contributed by atoms with Gasteiger partial charge in [-0.05, 0) is 32.9 Å². The summed E-state index contributed by atoms with van der Waals surface area (Å²) in [5.74, 6) is -0.892. The maximum absolute atomic E-state index is 12.4. The van der Waals surface area contributed by atoms with E-state index in [4.69, 9.17) is 14.6 Å². The quantitative estimate of drug-likeness (QED) is 0.548. The molecule has 2 N–H and O–H groups in total. The molecule has 0 bridgehead atoms. The van der Waals surface area contributed by atoms with E-state index in [9.17, 15) is 14.4 Å². The lowest BCUT2D eigenvalue weighted by Gasteiger charge is -2.31. The molecule has 0 radical (unpaired) electrons. The summed E-state index contributed by atoms with van der Waals surface area (Å²) in [5.41, 5.74) is 0.219. The van der Waals surface area contributed by atoms with E-state index in [0.29, 0.717) is 19.6 Å². The summed E-state index contributed by atoms with van der Waals surface area (Å²) in [4.78, 5) is 38.9. The number of ether oxygens (including phenoxy) is 2. The highest BCUT2D eigenvalue weighted by atomic mass is 16.6. The van der Waals surface area contributed by atoms with Crippen LogP contribution in [0.25, 0.3) is 0 Å². The van der Waals surface area contributed by atoms with Crippen LogP contribution in [0.1, 0.15) is 39.7 Å². The monoisotopic (exact) mass is 437 g/mol. The fraction of sp³-hybridized carbons (Fsp3) is 0.591. The van der Waals surface area contributed by atoms with E-state index >= 15 is 0 Å². The highest BCUT2D eigenvalue weighted by molar-refractivity contribution is 5.69. The van der Waals surface area contributed by atoms with Gasteiger partial charge in [-0.15, -0.1) is 0 Å². The SMILES string of the molecule is CCN(CCC(=O)O)C[C@@H](CN(C)C(=O)OC(C)(C)C)NC(=O)OCc1ccccc1. The van der Waals surface area contributed by atoms with Crippen LogP contribution in [0, 0.1) is 0 Å². The zero-order chi connectivity index (χ0) is 23.4. The second kappa shape index (κ2) is 12.8. The lowest BCUT2D eigenvalue weighted by molar-refractivity contribution is -0.137. The topological polar surface area (TPSA) is 108 Å². The van der Waals surface area contributed by atoms with Crippen LogP contribution in [0.5, 0.6) is 0 Å². The molecule has 0 aliphatic heterocycles. The van der Waals surface area contributed by atoms with Crippen molar-refractivity contribution in [3.63, 3.8) is 0 Å². The number of hydrogen-bond acceptors (Lipinski definition) is 6. The Hall–Kier alpha value is -2.81. The van der Waals surface area contributed by atoms with Crippen molar-refractivity contribution in [2.45, 2.75) is 52.4 Å². The van der Waals surface area contributed by atoms with Gasteiger partial charge in [0.1, 0.15) is 12.2 Å². The molecule has 31 heavy (non-hydrogen) atoms. The summed E-state index contributed by atoms with van der Waals surface area (Å²) in [6, 6.07) is 8.82. The lowest BCUT2D eigenvalue weighted by Crippen LogP contribution is -2.51. The minimum atomic E-state index is -0.892. The number of carbonyl (C=O) groups is 3. The van der Waals surface area contributed by atoms with Gasteiger partial charge in [0.2, 0.25) is 0 Å². The maximum atomic E-state index is 12.4. The van der Waals surface area contributed by atoms with E-state index in [-0.39, 0.29) is 19.6 Å². The van der Waals surface area contributed by atoms with Gasteiger partial charge in [-0.3, -0.25) is 4.79 Å². The fourth-order valence-electron chi connectivity index (χ4n) is 2.77. The van der Waals surface area contributed by atoms with Gasteiger partial charge in [0, 0.05) is 26.7 Å². The van der Waals surface area contributed by atoms with Gasteiger partial charge in [-0.25, -0.2) is 9.59 Å². The molecule has 1 aromatic rings. The summed E-state index contributed by atoms with van der Waals surface area (Å²) in [6.07, 6.45) is -1.13. The van der Waals surface area contributed by atoms with Crippen molar-refractivity contribution in [1.82, 2.24) is 15.1 Å². The summed E-state index contributed by atoms with van der Waals surface area (Å²) < 4.78 is 10.7. The molecular weight excluding hydrogens is 402 g/mol. The van der Waals surface area contributed by atoms with Gasteiger partial charge >= 0.3 is 18.2 Å². The fourth-order valence-corrected chi connectivity index (χ4v) is 2.77. The van der Waals surface area contributed by atoms with Crippen molar-refractivity contribution in [1.29, 1.82) is 0 Å². The molecule has 174 valence electrons. The van der Waals surface area contributed by atoms with Gasteiger partial charge in [0.15, 0.2) is 0 Å². The van der Waals surface area contributed by atoms with E-state index in [1.807, 2.05) is 42.2 Å². The molecule has 0 saturated heterocycles. The van der Waals surface area contributed by atoms with Crippen LogP contribution in [0.4, 0.5) is 9.59 Å². The van der Waals surface area contributed by atoms with E-state index in [0.717, 1.165) is 5.56 Å². The third kappa shape index (κ3) is 11.8. The third-order valence-electron chi connectivity index (χ3n) is 4.30. The summed E-state index contributed by atoms with van der Waals surface area (Å²) in [5, 5.41) is 11.7. The first kappa shape index (κ1) is 26.2. The van der Waals surface area contributed by atoms with Crippen LogP contribution >= 0.6 is 0 Å². The Morgan fingerprint density at radius 2 is 1.77 bits per heavy atom. The second-order valence-electron chi connectivity index (χ2n) is 8.30. The molecule has 1 rings (SSSR count). The number of nitrogens with one attached hydrogen (secondary N) is 1. The van der Waals surface area contributed by atoms with Crippen LogP contribution in [0.2, 0.25) is 0 Å². The first-order valence-electron chi connectivity index (χ1n) is 10.4. The summed E-state index contributed by atoms with van der Waals surface area (Å²) in [6.45, 7) is 8.83. The van der Waals surface area contributed by atoms with Gasteiger partial charge in [-0.1, -0.05) is 37.3 Å². The number of amides is 2. The first-order chi connectivity index (χ1) is 14.5. The number of hydrogen-bond donors (Lipinski definition) is 2. The average molecular weight is 438 g/mol. The highest BCUT2D eigenvalue weighted by Gasteiger charge is 2.24. The van der Waals surface area contributed by atoms with Crippen LogP contribution < -0.4 is 5.32 Å². The van der Waals surface area contributed by atoms with Crippen molar-refractivity contribution in [3.8, 4) is 0 Å². The molecule has 0 unspecified atom stereocenters. The minimum absolute atomic E-state index is 0.0130. The van der Waals surface area contributed by atoms with Gasteiger partial charge in [0.05, 0.1) is 12.5 Å². The van der Waals surface area contributed by atoms with Crippen molar-refractivity contribution in [3.05, 3.63) is 35.9 Å². The van der Waals surface area contributed by atoms with Crippen molar-refractivity contribution in [2.75, 3.05) is 33.2 Å². The van der Waals surface area contributed by atoms with E-state index in [1.54, 1.807) is 27.8 Å². The summed E-state index contributed by atoms with van der Waals surface area (Å²) >= 11 is 0. The van der Waals surface area contributed by atoms with E-state index in [1.165, 1.54) is 4.90 Å². The number of alkyl carbamates (subject to hydrolysis) is 1. The molecule has 0 fully saturated rings. The smallest absolute Gasteiger partial charge is 0.410 e. The molecule has 2 amide bonds. The standard InChI is InChI=1S/C22H35N3O6/c1-6-25(13-12-19(26)27)15-18(14-24(5)21(29)31-22(2,3)4)23-20(28)30-16-17-10-8-7-9-11-17/h7-11,18H,6,12-16H2,1-5H3,(H,23,28)(H,26,27)/t18-/m1/s1. The number of carbonyl (C=O) groups excluding carboxylic acids is 2. The number of rotatable bonds is 11. The number of likely N-dealkylation sites (N-methyl/N-ethyl adjacent to an activating group) is 2. The molecular formula is C22H35N3O6. The molecule has 1 atom stereocenters. The molecule has 0 aromatic heterocycles. The molecule has 0 spiro atoms. The predicted octanol–water partition coefficient (Wildman–Crippen LogP) is 2.94. The Bertz CT molecular complexity index is 705. The molecule has 9 heteroatoms. The maximum Gasteiger partial charge on any atom is 0.410 e. The molecule has 0 aliphatic carbocycles. The van der Waals surface area contributed by atoms with Crippen LogP contribution in [-0.4, -0.2) is 77.9 Å². The van der Waals surface area contributed by atoms with Gasteiger partial charge in [0.25, 0.3) is 0 Å². The van der Waals surface area contributed by atoms with E-state index < -0.39 is 29.8 Å². The Balaban J connectivity index is 2.76. The molecule has 0 aliphatic rings. The number of carboxylic acids is 1. The second-order valence-corrected chi connectivity index (χ2v) is 8.30. The first-order valence-corrected chi connectivity index (χ1v) is 10.4. The zero-order valence-electron chi connectivity index (χ0n) is 19.1. The molecule has 9 nitrogen and oxygen atoms in total. The Morgan fingerprint density at radius 1 is 1.13 bits per heavy atom. The molecule has 0 heterocycles. The van der Waals surface area contributed by atoms with Crippen molar-refractivity contribution < 1.29 is 29.0 Å². The average Bonchev–Trinajstić information content (AvgIpc) is 2.68. The number of carboxylic acid groups (broad SMARTS) is 1. The lowest BCUT2D eigenvalue weighted by atomic mass is 10.2. The Kier molecular flexibility index (Phi) is 10.8. The minimum Gasteiger partial charge on any atom is -0.481 e. The number of aliphatic carboxylic acids is 1. The number of benzene rings is 1. The summed E-state index contributed by atoms with van der Waals surface area (Å²) in [7, 11) is 1.59. The predicted molar refractivity (Wildman–Crippen MR) is 117 cm³/mol. The number of nitrogens with zero attached hydrogens (tertiary/aromatic N) is 2. The third-order valence-corrected chi connectivity index (χ3v) is 4.30. The van der Waals surface area contributed by atoms with Crippen LogP contribution in [-0.2, 0) is 20.9 Å². The van der Waals surface area contributed by atoms with Crippen LogP contribution in [0.3, 0.4) is 0 Å². The molecule has 0 saturated carbocycles. The Morgan fingerprint density at radius 3 is 2.32 bits per heavy atom. The molecule has 1 aromatic carbocycles. The van der Waals surface area contributed by atoms with Crippen LogP contribution in [0.15, 0.2) is 30.3 Å². The Labute approximate surface area is 184 Å². The van der Waals surface area contributed by atoms with Crippen molar-refractivity contribution >= 4 is 18.2 Å². The van der Waals surface area contributed by atoms with Gasteiger partial charge < -0.3 is 29.7 Å². The zero-order valence-corrected chi connectivity index (χ0v) is 19.1. The van der Waals surface area contributed by atoms with E-state index in [2.05, 4.69) is 5.32 Å². The largest absolute Gasteiger partial charge is 0.481 e. The normalized spacial score (nSPS) is 12.2. The highest BCUT2D eigenvalue weighted by Crippen LogP contribution is 2.10. The van der Waals surface area contributed by atoms with Crippen molar-refractivity contribution in [2.24, 2.45) is 0 Å².